The summed E-state index contributed by atoms with van der Waals surface area (Å²) in [4.78, 5) is 11.5. The van der Waals surface area contributed by atoms with Gasteiger partial charge in [0.25, 0.3) is 0 Å². The maximum absolute atomic E-state index is 11.5. The first-order valence-electron chi connectivity index (χ1n) is 5.18. The van der Waals surface area contributed by atoms with E-state index in [1.54, 1.807) is 0 Å². The van der Waals surface area contributed by atoms with Crippen LogP contribution in [0.4, 0.5) is 0 Å². The van der Waals surface area contributed by atoms with Gasteiger partial charge >= 0.3 is 0 Å². The largest absolute Gasteiger partial charge is 0.394 e. The second kappa shape index (κ2) is 6.79. The number of nitrogens with two attached hydrogens (primary N) is 1. The SMILES string of the molecule is CCC(CO)NC(=O)[C@H](N)CC(C)C. The van der Waals surface area contributed by atoms with Gasteiger partial charge in [0, 0.05) is 0 Å². The van der Waals surface area contributed by atoms with E-state index in [0.717, 1.165) is 6.42 Å². The number of nitrogens with one attached hydrogen (secondary N) is 1. The van der Waals surface area contributed by atoms with E-state index in [9.17, 15) is 4.79 Å². The molecule has 0 rings (SSSR count). The maximum Gasteiger partial charge on any atom is 0.237 e. The van der Waals surface area contributed by atoms with E-state index in [1.807, 2.05) is 20.8 Å². The normalized spacial score (nSPS) is 15.3. The summed E-state index contributed by atoms with van der Waals surface area (Å²) in [6.07, 6.45) is 1.39. The average Bonchev–Trinajstić information content (AvgIpc) is 2.12. The Labute approximate surface area is 85.9 Å². The first-order chi connectivity index (χ1) is 6.51. The standard InChI is InChI=1S/C10H22N2O2/c1-4-8(6-13)12-10(14)9(11)5-7(2)3/h7-9,13H,4-6,11H2,1-3H3,(H,12,14)/t8?,9-/m1/s1. The van der Waals surface area contributed by atoms with Crippen LogP contribution < -0.4 is 11.1 Å². The van der Waals surface area contributed by atoms with Gasteiger partial charge in [0.1, 0.15) is 0 Å². The lowest BCUT2D eigenvalue weighted by Gasteiger charge is -2.18. The quantitative estimate of drug-likeness (QED) is 0.578. The molecule has 0 aliphatic rings. The molecule has 0 aliphatic heterocycles. The Hall–Kier alpha value is -0.610. The first-order valence-corrected chi connectivity index (χ1v) is 5.18. The third kappa shape index (κ3) is 5.19. The highest BCUT2D eigenvalue weighted by Crippen LogP contribution is 2.03. The van der Waals surface area contributed by atoms with Gasteiger partial charge in [-0.05, 0) is 18.8 Å². The van der Waals surface area contributed by atoms with Crippen LogP contribution in [0.25, 0.3) is 0 Å². The van der Waals surface area contributed by atoms with Gasteiger partial charge < -0.3 is 16.2 Å². The van der Waals surface area contributed by atoms with Gasteiger partial charge in [-0.1, -0.05) is 20.8 Å². The van der Waals surface area contributed by atoms with Gasteiger partial charge in [-0.3, -0.25) is 4.79 Å². The zero-order valence-corrected chi connectivity index (χ0v) is 9.29. The third-order valence-electron chi connectivity index (χ3n) is 2.12. The Kier molecular flexibility index (Phi) is 6.49. The van der Waals surface area contributed by atoms with Crippen molar-refractivity contribution in [1.29, 1.82) is 0 Å². The van der Waals surface area contributed by atoms with Gasteiger partial charge in [-0.25, -0.2) is 0 Å². The second-order valence-corrected chi connectivity index (χ2v) is 4.03. The summed E-state index contributed by atoms with van der Waals surface area (Å²) in [5, 5.41) is 11.6. The van der Waals surface area contributed by atoms with E-state index in [0.29, 0.717) is 12.3 Å². The molecule has 1 unspecified atom stereocenters. The molecule has 1 amide bonds. The highest BCUT2D eigenvalue weighted by atomic mass is 16.3. The van der Waals surface area contributed by atoms with Gasteiger partial charge in [-0.15, -0.1) is 0 Å². The van der Waals surface area contributed by atoms with E-state index >= 15 is 0 Å². The minimum absolute atomic E-state index is 0.0311. The lowest BCUT2D eigenvalue weighted by molar-refractivity contribution is -0.123. The number of aliphatic hydroxyl groups excluding tert-OH is 1. The molecular formula is C10H22N2O2. The van der Waals surface area contributed by atoms with Crippen LogP contribution in [0.3, 0.4) is 0 Å². The highest BCUT2D eigenvalue weighted by molar-refractivity contribution is 5.81. The minimum atomic E-state index is -0.462. The van der Waals surface area contributed by atoms with Crippen LogP contribution in [0, 0.1) is 5.92 Å². The summed E-state index contributed by atoms with van der Waals surface area (Å²) < 4.78 is 0. The smallest absolute Gasteiger partial charge is 0.237 e. The number of aliphatic hydroxyl groups is 1. The molecule has 0 saturated heterocycles. The van der Waals surface area contributed by atoms with Crippen LogP contribution in [0.15, 0.2) is 0 Å². The fourth-order valence-electron chi connectivity index (χ4n) is 1.20. The van der Waals surface area contributed by atoms with Crippen molar-refractivity contribution in [3.05, 3.63) is 0 Å². The number of hydrogen-bond donors (Lipinski definition) is 3. The van der Waals surface area contributed by atoms with Crippen molar-refractivity contribution in [3.8, 4) is 0 Å². The van der Waals surface area contributed by atoms with Gasteiger partial charge in [0.15, 0.2) is 0 Å². The lowest BCUT2D eigenvalue weighted by Crippen LogP contribution is -2.46. The monoisotopic (exact) mass is 202 g/mol. The predicted octanol–water partition coefficient (Wildman–Crippen LogP) is 0.247. The van der Waals surface area contributed by atoms with Crippen molar-refractivity contribution in [2.24, 2.45) is 11.7 Å². The number of carbonyl (C=O) groups excluding carboxylic acids is 1. The van der Waals surface area contributed by atoms with Crippen LogP contribution in [-0.2, 0) is 4.79 Å². The van der Waals surface area contributed by atoms with Crippen molar-refractivity contribution in [3.63, 3.8) is 0 Å². The molecule has 0 fully saturated rings. The summed E-state index contributed by atoms with van der Waals surface area (Å²) in [5.74, 6) is 0.240. The van der Waals surface area contributed by atoms with Crippen LogP contribution in [0.1, 0.15) is 33.6 Å². The fourth-order valence-corrected chi connectivity index (χ4v) is 1.20. The molecule has 0 spiro atoms. The van der Waals surface area contributed by atoms with Gasteiger partial charge in [0.2, 0.25) is 5.91 Å². The maximum atomic E-state index is 11.5. The van der Waals surface area contributed by atoms with E-state index in [-0.39, 0.29) is 18.6 Å². The molecule has 2 atom stereocenters. The molecule has 0 aliphatic carbocycles. The molecule has 0 saturated carbocycles. The topological polar surface area (TPSA) is 75.3 Å². The molecule has 4 N–H and O–H groups in total. The Morgan fingerprint density at radius 2 is 2.07 bits per heavy atom. The van der Waals surface area contributed by atoms with Crippen molar-refractivity contribution < 1.29 is 9.90 Å². The predicted molar refractivity (Wildman–Crippen MR) is 56.7 cm³/mol. The fraction of sp³-hybridized carbons (Fsp3) is 0.900. The molecule has 4 heteroatoms. The second-order valence-electron chi connectivity index (χ2n) is 4.03. The summed E-state index contributed by atoms with van der Waals surface area (Å²) >= 11 is 0. The molecular weight excluding hydrogens is 180 g/mol. The van der Waals surface area contributed by atoms with Gasteiger partial charge in [-0.2, -0.15) is 0 Å². The molecule has 0 radical (unpaired) electrons. The highest BCUT2D eigenvalue weighted by Gasteiger charge is 2.17. The van der Waals surface area contributed by atoms with Crippen LogP contribution in [-0.4, -0.2) is 29.7 Å². The van der Waals surface area contributed by atoms with Crippen molar-refractivity contribution in [2.75, 3.05) is 6.61 Å². The van der Waals surface area contributed by atoms with Crippen molar-refractivity contribution >= 4 is 5.91 Å². The van der Waals surface area contributed by atoms with E-state index in [2.05, 4.69) is 5.32 Å². The van der Waals surface area contributed by atoms with Gasteiger partial charge in [0.05, 0.1) is 18.7 Å². The number of rotatable bonds is 6. The average molecular weight is 202 g/mol. The van der Waals surface area contributed by atoms with E-state index < -0.39 is 6.04 Å². The molecule has 0 bridgehead atoms. The molecule has 0 heterocycles. The molecule has 4 nitrogen and oxygen atoms in total. The Balaban J connectivity index is 3.93. The zero-order valence-electron chi connectivity index (χ0n) is 9.29. The minimum Gasteiger partial charge on any atom is -0.394 e. The summed E-state index contributed by atoms with van der Waals surface area (Å²) in [5.41, 5.74) is 5.68. The molecule has 0 aromatic rings. The summed E-state index contributed by atoms with van der Waals surface area (Å²) in [6.45, 7) is 5.93. The van der Waals surface area contributed by atoms with E-state index in [1.165, 1.54) is 0 Å². The molecule has 84 valence electrons. The summed E-state index contributed by atoms with van der Waals surface area (Å²) in [6, 6.07) is -0.628. The first kappa shape index (κ1) is 13.4. The van der Waals surface area contributed by atoms with Crippen molar-refractivity contribution in [1.82, 2.24) is 5.32 Å². The Morgan fingerprint density at radius 1 is 1.50 bits per heavy atom. The Bertz CT molecular complexity index is 168. The number of hydrogen-bond acceptors (Lipinski definition) is 3. The van der Waals surface area contributed by atoms with Crippen molar-refractivity contribution in [2.45, 2.75) is 45.7 Å². The zero-order chi connectivity index (χ0) is 11.1. The lowest BCUT2D eigenvalue weighted by atomic mass is 10.0. The Morgan fingerprint density at radius 3 is 2.43 bits per heavy atom. The van der Waals surface area contributed by atoms with Crippen LogP contribution in [0.2, 0.25) is 0 Å². The number of carbonyl (C=O) groups is 1. The molecule has 0 aromatic heterocycles. The molecule has 0 aromatic carbocycles. The number of amides is 1. The van der Waals surface area contributed by atoms with Crippen LogP contribution >= 0.6 is 0 Å². The third-order valence-corrected chi connectivity index (χ3v) is 2.12. The van der Waals surface area contributed by atoms with Crippen LogP contribution in [0.5, 0.6) is 0 Å². The molecule has 14 heavy (non-hydrogen) atoms. The van der Waals surface area contributed by atoms with E-state index in [4.69, 9.17) is 10.8 Å². The summed E-state index contributed by atoms with van der Waals surface area (Å²) in [7, 11) is 0.